The molecule has 0 aromatic rings. The fourth-order valence-corrected chi connectivity index (χ4v) is 6.12. The van der Waals surface area contributed by atoms with Crippen molar-refractivity contribution < 1.29 is 14.7 Å². The van der Waals surface area contributed by atoms with E-state index < -0.39 is 11.6 Å². The van der Waals surface area contributed by atoms with Crippen molar-refractivity contribution in [2.75, 3.05) is 6.54 Å². The summed E-state index contributed by atoms with van der Waals surface area (Å²) in [6.07, 6.45) is 8.17. The van der Waals surface area contributed by atoms with E-state index in [1.807, 2.05) is 0 Å². The Morgan fingerprint density at radius 2 is 1.97 bits per heavy atom. The van der Waals surface area contributed by atoms with Crippen LogP contribution in [0.5, 0.6) is 0 Å². The van der Waals surface area contributed by atoms with Gasteiger partial charge in [0.2, 0.25) is 11.6 Å². The number of aliphatic hydroxyl groups excluding tert-OH is 1. The number of rotatable bonds is 6. The van der Waals surface area contributed by atoms with Crippen molar-refractivity contribution in [3.8, 4) is 0 Å². The van der Waals surface area contributed by atoms with Gasteiger partial charge in [-0.25, -0.2) is 0 Å². The molecule has 0 radical (unpaired) electrons. The van der Waals surface area contributed by atoms with Gasteiger partial charge in [-0.15, -0.1) is 0 Å². The van der Waals surface area contributed by atoms with Crippen molar-refractivity contribution in [2.45, 2.75) is 79.6 Å². The Labute approximate surface area is 181 Å². The molecule has 4 atom stereocenters. The number of Topliss-reactive ketones (excluding diaryl/α,β-unsaturated/α-hetero) is 1. The van der Waals surface area contributed by atoms with Gasteiger partial charge in [-0.05, 0) is 73.5 Å². The predicted octanol–water partition coefficient (Wildman–Crippen LogP) is 5.66. The minimum Gasteiger partial charge on any atom is -0.505 e. The van der Waals surface area contributed by atoms with Gasteiger partial charge in [0.15, 0.2) is 0 Å². The lowest BCUT2D eigenvalue weighted by atomic mass is 9.46. The van der Waals surface area contributed by atoms with Crippen molar-refractivity contribution in [2.24, 2.45) is 28.6 Å². The highest BCUT2D eigenvalue weighted by Gasteiger charge is 2.54. The standard InChI is InChI=1S/C26H39NO3/c1-16(2)11-13-27-20-14-21(28)24(30)19(23(20)29)15-26(6)18(4)10-12-25(5)17(3)8-7-9-22(25)26/h14,16,18,22,27,29H,3,7-13,15H2,1-2,4-6H3/t18-,22+,25-,26+/m0/s1. The summed E-state index contributed by atoms with van der Waals surface area (Å²) in [4.78, 5) is 25.3. The molecule has 2 N–H and O–H groups in total. The molecule has 3 aliphatic rings. The third kappa shape index (κ3) is 3.90. The molecule has 0 aromatic heterocycles. The maximum Gasteiger partial charge on any atom is 0.232 e. The van der Waals surface area contributed by atoms with Gasteiger partial charge in [0.1, 0.15) is 5.76 Å². The van der Waals surface area contributed by atoms with E-state index in [0.29, 0.717) is 42.0 Å². The van der Waals surface area contributed by atoms with E-state index in [2.05, 4.69) is 46.5 Å². The molecule has 0 unspecified atom stereocenters. The maximum atomic E-state index is 12.8. The molecule has 166 valence electrons. The predicted molar refractivity (Wildman–Crippen MR) is 121 cm³/mol. The summed E-state index contributed by atoms with van der Waals surface area (Å²) in [6.45, 7) is 16.2. The SMILES string of the molecule is C=C1CCC[C@H]2[C@](C)(CC3=C(O)C(NCCC(C)C)=CC(=O)C3=O)[C@@H](C)CC[C@@]12C. The second-order valence-corrected chi connectivity index (χ2v) is 10.8. The van der Waals surface area contributed by atoms with Gasteiger partial charge in [-0.1, -0.05) is 46.8 Å². The number of hydrogen-bond donors (Lipinski definition) is 2. The summed E-state index contributed by atoms with van der Waals surface area (Å²) in [7, 11) is 0. The number of aliphatic hydroxyl groups is 1. The first-order chi connectivity index (χ1) is 14.0. The summed E-state index contributed by atoms with van der Waals surface area (Å²) >= 11 is 0. The quantitative estimate of drug-likeness (QED) is 0.335. The molecule has 0 bridgehead atoms. The number of nitrogens with one attached hydrogen (secondary N) is 1. The highest BCUT2D eigenvalue weighted by Crippen LogP contribution is 2.63. The van der Waals surface area contributed by atoms with Gasteiger partial charge in [0.25, 0.3) is 0 Å². The van der Waals surface area contributed by atoms with Crippen LogP contribution in [0.15, 0.2) is 35.3 Å². The van der Waals surface area contributed by atoms with Gasteiger partial charge in [0, 0.05) is 18.2 Å². The molecular weight excluding hydrogens is 374 g/mol. The summed E-state index contributed by atoms with van der Waals surface area (Å²) in [6, 6.07) is 0. The first-order valence-corrected chi connectivity index (χ1v) is 11.7. The van der Waals surface area contributed by atoms with E-state index in [9.17, 15) is 14.7 Å². The molecule has 0 aliphatic heterocycles. The number of fused-ring (bicyclic) bond motifs is 1. The molecule has 0 heterocycles. The first kappa shape index (κ1) is 22.8. The van der Waals surface area contributed by atoms with E-state index >= 15 is 0 Å². The monoisotopic (exact) mass is 413 g/mol. The Morgan fingerprint density at radius 3 is 2.63 bits per heavy atom. The van der Waals surface area contributed by atoms with Gasteiger partial charge < -0.3 is 10.4 Å². The van der Waals surface area contributed by atoms with E-state index in [-0.39, 0.29) is 16.6 Å². The summed E-state index contributed by atoms with van der Waals surface area (Å²) < 4.78 is 0. The van der Waals surface area contributed by atoms with Crippen LogP contribution in [0, 0.1) is 28.6 Å². The first-order valence-electron chi connectivity index (χ1n) is 11.7. The molecule has 3 rings (SSSR count). The maximum absolute atomic E-state index is 12.8. The minimum absolute atomic E-state index is 0.0290. The fraction of sp³-hybridized carbons (Fsp3) is 0.692. The molecule has 0 aromatic carbocycles. The average molecular weight is 414 g/mol. The zero-order valence-corrected chi connectivity index (χ0v) is 19.4. The minimum atomic E-state index is -0.544. The van der Waals surface area contributed by atoms with Crippen molar-refractivity contribution >= 4 is 11.6 Å². The molecule has 3 aliphatic carbocycles. The number of hydrogen-bond acceptors (Lipinski definition) is 4. The highest BCUT2D eigenvalue weighted by atomic mass is 16.3. The lowest BCUT2D eigenvalue weighted by molar-refractivity contribution is -0.132. The molecule has 2 fully saturated rings. The van der Waals surface area contributed by atoms with Crippen LogP contribution in [0.2, 0.25) is 0 Å². The van der Waals surface area contributed by atoms with Crippen LogP contribution in [-0.2, 0) is 9.59 Å². The van der Waals surface area contributed by atoms with E-state index in [4.69, 9.17) is 0 Å². The van der Waals surface area contributed by atoms with Crippen LogP contribution in [0.25, 0.3) is 0 Å². The second-order valence-electron chi connectivity index (χ2n) is 10.8. The topological polar surface area (TPSA) is 66.4 Å². The summed E-state index contributed by atoms with van der Waals surface area (Å²) in [5, 5.41) is 14.2. The van der Waals surface area contributed by atoms with Gasteiger partial charge in [-0.2, -0.15) is 0 Å². The third-order valence-electron chi connectivity index (χ3n) is 8.48. The molecule has 4 heteroatoms. The smallest absolute Gasteiger partial charge is 0.232 e. The van der Waals surface area contributed by atoms with E-state index in [1.165, 1.54) is 11.6 Å². The number of ketones is 2. The van der Waals surface area contributed by atoms with Gasteiger partial charge in [-0.3, -0.25) is 9.59 Å². The van der Waals surface area contributed by atoms with Gasteiger partial charge >= 0.3 is 0 Å². The highest BCUT2D eigenvalue weighted by molar-refractivity contribution is 6.48. The van der Waals surface area contributed by atoms with Gasteiger partial charge in [0.05, 0.1) is 5.70 Å². The largest absolute Gasteiger partial charge is 0.505 e. The summed E-state index contributed by atoms with van der Waals surface area (Å²) in [5.41, 5.74) is 1.95. The van der Waals surface area contributed by atoms with E-state index in [1.54, 1.807) is 0 Å². The lowest BCUT2D eigenvalue weighted by Crippen LogP contribution is -2.51. The van der Waals surface area contributed by atoms with Crippen LogP contribution in [0.4, 0.5) is 0 Å². The number of carbonyl (C=O) groups is 2. The molecule has 0 saturated heterocycles. The fourth-order valence-electron chi connectivity index (χ4n) is 6.12. The van der Waals surface area contributed by atoms with Crippen molar-refractivity contribution in [3.63, 3.8) is 0 Å². The zero-order chi connectivity index (χ0) is 22.3. The Kier molecular flexibility index (Phi) is 6.36. The number of carbonyl (C=O) groups excluding carboxylic acids is 2. The van der Waals surface area contributed by atoms with Crippen molar-refractivity contribution in [3.05, 3.63) is 35.3 Å². The number of allylic oxidation sites excluding steroid dienone is 3. The normalized spacial score (nSPS) is 34.9. The second kappa shape index (κ2) is 8.36. The molecular formula is C26H39NO3. The molecule has 30 heavy (non-hydrogen) atoms. The third-order valence-corrected chi connectivity index (χ3v) is 8.48. The van der Waals surface area contributed by atoms with Crippen LogP contribution in [0.1, 0.15) is 79.6 Å². The molecule has 4 nitrogen and oxygen atoms in total. The van der Waals surface area contributed by atoms with Crippen LogP contribution < -0.4 is 5.32 Å². The van der Waals surface area contributed by atoms with E-state index in [0.717, 1.165) is 38.5 Å². The van der Waals surface area contributed by atoms with Crippen LogP contribution in [0.3, 0.4) is 0 Å². The molecule has 2 saturated carbocycles. The Hall–Kier alpha value is -1.84. The van der Waals surface area contributed by atoms with Crippen molar-refractivity contribution in [1.82, 2.24) is 5.32 Å². The Balaban J connectivity index is 1.93. The average Bonchev–Trinajstić information content (AvgIpc) is 2.68. The Morgan fingerprint density at radius 1 is 1.27 bits per heavy atom. The molecule has 0 amide bonds. The summed E-state index contributed by atoms with van der Waals surface area (Å²) in [5.74, 6) is 0.228. The van der Waals surface area contributed by atoms with Crippen LogP contribution in [-0.4, -0.2) is 23.2 Å². The zero-order valence-electron chi connectivity index (χ0n) is 19.4. The Bertz CT molecular complexity index is 805. The van der Waals surface area contributed by atoms with Crippen LogP contribution >= 0.6 is 0 Å². The lowest BCUT2D eigenvalue weighted by Gasteiger charge is -2.59. The van der Waals surface area contributed by atoms with Crippen molar-refractivity contribution in [1.29, 1.82) is 0 Å². The molecule has 0 spiro atoms.